The van der Waals surface area contributed by atoms with E-state index >= 15 is 0 Å². The molecule has 0 fully saturated rings. The number of para-hydroxylation sites is 1. The Hall–Kier alpha value is -4.13. The summed E-state index contributed by atoms with van der Waals surface area (Å²) in [6.07, 6.45) is 3.02. The lowest BCUT2D eigenvalue weighted by atomic mass is 10.2. The van der Waals surface area contributed by atoms with E-state index in [9.17, 15) is 9.18 Å². The molecule has 0 radical (unpaired) electrons. The third-order valence-corrected chi connectivity index (χ3v) is 4.23. The van der Waals surface area contributed by atoms with Crippen molar-refractivity contribution in [3.05, 3.63) is 102 Å². The number of halogens is 1. The smallest absolute Gasteiger partial charge is 0.258 e. The molecule has 2 heterocycles. The Morgan fingerprint density at radius 1 is 0.933 bits per heavy atom. The number of nitrogens with one attached hydrogen (secondary N) is 1. The summed E-state index contributed by atoms with van der Waals surface area (Å²) in [7, 11) is 0. The zero-order valence-electron chi connectivity index (χ0n) is 15.8. The molecule has 0 aliphatic rings. The van der Waals surface area contributed by atoms with Gasteiger partial charge in [-0.3, -0.25) is 9.78 Å². The van der Waals surface area contributed by atoms with Crippen LogP contribution < -0.4 is 10.1 Å². The Labute approximate surface area is 172 Å². The monoisotopic (exact) mass is 400 g/mol. The number of carbonyl (C=O) groups excluding carboxylic acids is 1. The first-order valence-corrected chi connectivity index (χ1v) is 9.23. The molecule has 6 nitrogen and oxygen atoms in total. The summed E-state index contributed by atoms with van der Waals surface area (Å²) >= 11 is 0. The van der Waals surface area contributed by atoms with Gasteiger partial charge in [0, 0.05) is 18.0 Å². The zero-order chi connectivity index (χ0) is 20.8. The molecular formula is C23H17FN4O2. The van der Waals surface area contributed by atoms with Gasteiger partial charge in [0.05, 0.1) is 12.2 Å². The Balaban J connectivity index is 1.66. The topological polar surface area (TPSA) is 77.0 Å². The average molecular weight is 400 g/mol. The predicted octanol–water partition coefficient (Wildman–Crippen LogP) is 4.40. The summed E-state index contributed by atoms with van der Waals surface area (Å²) in [5.41, 5.74) is 1.54. The number of pyridine rings is 1. The number of rotatable bonds is 6. The van der Waals surface area contributed by atoms with Crippen LogP contribution in [0.2, 0.25) is 0 Å². The van der Waals surface area contributed by atoms with Gasteiger partial charge in [-0.15, -0.1) is 0 Å². The molecule has 0 atom stereocenters. The highest BCUT2D eigenvalue weighted by Gasteiger charge is 2.19. The first-order chi connectivity index (χ1) is 14.7. The number of aromatic nitrogens is 3. The maximum Gasteiger partial charge on any atom is 0.258 e. The van der Waals surface area contributed by atoms with Crippen molar-refractivity contribution in [1.82, 2.24) is 20.3 Å². The second-order valence-electron chi connectivity index (χ2n) is 6.31. The molecular weight excluding hydrogens is 383 g/mol. The lowest BCUT2D eigenvalue weighted by Gasteiger charge is -2.12. The molecule has 0 aliphatic heterocycles. The summed E-state index contributed by atoms with van der Waals surface area (Å²) < 4.78 is 19.8. The number of ether oxygens (including phenoxy) is 1. The van der Waals surface area contributed by atoms with E-state index in [1.54, 1.807) is 30.5 Å². The van der Waals surface area contributed by atoms with Gasteiger partial charge in [0.15, 0.2) is 17.4 Å². The average Bonchev–Trinajstić information content (AvgIpc) is 2.80. The standard InChI is InChI=1S/C23H17FN4O2/c24-19-11-4-5-12-20(19)30-23-18(22(29)27-14-17-10-6-7-13-25-17)15-26-21(28-23)16-8-2-1-3-9-16/h1-13,15H,14H2,(H,27,29). The fourth-order valence-electron chi connectivity index (χ4n) is 2.73. The first-order valence-electron chi connectivity index (χ1n) is 9.23. The normalized spacial score (nSPS) is 10.4. The molecule has 0 aliphatic carbocycles. The van der Waals surface area contributed by atoms with Crippen LogP contribution in [0.25, 0.3) is 11.4 Å². The largest absolute Gasteiger partial charge is 0.435 e. The predicted molar refractivity (Wildman–Crippen MR) is 109 cm³/mol. The molecule has 30 heavy (non-hydrogen) atoms. The van der Waals surface area contributed by atoms with Crippen LogP contribution in [0.4, 0.5) is 4.39 Å². The summed E-state index contributed by atoms with van der Waals surface area (Å²) in [6, 6.07) is 20.6. The van der Waals surface area contributed by atoms with Crippen molar-refractivity contribution in [2.75, 3.05) is 0 Å². The van der Waals surface area contributed by atoms with Crippen molar-refractivity contribution >= 4 is 5.91 Å². The molecule has 0 saturated carbocycles. The van der Waals surface area contributed by atoms with Crippen molar-refractivity contribution in [3.8, 4) is 23.0 Å². The minimum atomic E-state index is -0.558. The minimum Gasteiger partial charge on any atom is -0.435 e. The highest BCUT2D eigenvalue weighted by molar-refractivity contribution is 5.96. The van der Waals surface area contributed by atoms with E-state index in [0.717, 1.165) is 5.56 Å². The number of nitrogens with zero attached hydrogens (tertiary/aromatic N) is 3. The van der Waals surface area contributed by atoms with Crippen LogP contribution in [0.3, 0.4) is 0 Å². The second-order valence-corrected chi connectivity index (χ2v) is 6.31. The van der Waals surface area contributed by atoms with Crippen molar-refractivity contribution in [3.63, 3.8) is 0 Å². The summed E-state index contributed by atoms with van der Waals surface area (Å²) in [6.45, 7) is 0.221. The third-order valence-electron chi connectivity index (χ3n) is 4.23. The van der Waals surface area contributed by atoms with Crippen LogP contribution in [-0.2, 0) is 6.54 Å². The lowest BCUT2D eigenvalue weighted by molar-refractivity contribution is 0.0947. The number of amides is 1. The number of benzene rings is 2. The van der Waals surface area contributed by atoms with Crippen LogP contribution in [0.15, 0.2) is 85.2 Å². The van der Waals surface area contributed by atoms with Crippen LogP contribution >= 0.6 is 0 Å². The number of hydrogen-bond acceptors (Lipinski definition) is 5. The molecule has 0 unspecified atom stereocenters. The SMILES string of the molecule is O=C(NCc1ccccn1)c1cnc(-c2ccccc2)nc1Oc1ccccc1F. The quantitative estimate of drug-likeness (QED) is 0.519. The van der Waals surface area contributed by atoms with E-state index < -0.39 is 11.7 Å². The van der Waals surface area contributed by atoms with E-state index in [0.29, 0.717) is 11.5 Å². The Morgan fingerprint density at radius 2 is 1.70 bits per heavy atom. The number of hydrogen-bond donors (Lipinski definition) is 1. The van der Waals surface area contributed by atoms with Gasteiger partial charge >= 0.3 is 0 Å². The van der Waals surface area contributed by atoms with Gasteiger partial charge in [-0.25, -0.2) is 9.37 Å². The highest BCUT2D eigenvalue weighted by atomic mass is 19.1. The molecule has 0 saturated heterocycles. The third kappa shape index (κ3) is 4.47. The van der Waals surface area contributed by atoms with Crippen LogP contribution in [-0.4, -0.2) is 20.9 Å². The Kier molecular flexibility index (Phi) is 5.70. The molecule has 0 spiro atoms. The molecule has 2 aromatic carbocycles. The van der Waals surface area contributed by atoms with Crippen LogP contribution in [0.1, 0.15) is 16.1 Å². The van der Waals surface area contributed by atoms with Gasteiger partial charge in [-0.05, 0) is 24.3 Å². The summed E-state index contributed by atoms with van der Waals surface area (Å²) in [5.74, 6) is -0.714. The van der Waals surface area contributed by atoms with Gasteiger partial charge in [0.1, 0.15) is 5.56 Å². The van der Waals surface area contributed by atoms with Gasteiger partial charge < -0.3 is 10.1 Å². The van der Waals surface area contributed by atoms with Gasteiger partial charge in [0.25, 0.3) is 5.91 Å². The van der Waals surface area contributed by atoms with Gasteiger partial charge in [-0.2, -0.15) is 4.98 Å². The van der Waals surface area contributed by atoms with Gasteiger partial charge in [0.2, 0.25) is 5.88 Å². The maximum atomic E-state index is 14.1. The maximum absolute atomic E-state index is 14.1. The molecule has 4 rings (SSSR count). The van der Waals surface area contributed by atoms with Gasteiger partial charge in [-0.1, -0.05) is 48.5 Å². The molecule has 1 amide bonds. The van der Waals surface area contributed by atoms with E-state index in [1.165, 1.54) is 18.3 Å². The molecule has 1 N–H and O–H groups in total. The first kappa shape index (κ1) is 19.2. The fraction of sp³-hybridized carbons (Fsp3) is 0.0435. The summed E-state index contributed by atoms with van der Waals surface area (Å²) in [5, 5.41) is 2.76. The molecule has 148 valence electrons. The van der Waals surface area contributed by atoms with Crippen molar-refractivity contribution in [2.45, 2.75) is 6.54 Å². The zero-order valence-corrected chi connectivity index (χ0v) is 15.8. The summed E-state index contributed by atoms with van der Waals surface area (Å²) in [4.78, 5) is 25.6. The molecule has 4 aromatic rings. The fourth-order valence-corrected chi connectivity index (χ4v) is 2.73. The molecule has 2 aromatic heterocycles. The second kappa shape index (κ2) is 8.91. The molecule has 0 bridgehead atoms. The number of carbonyl (C=O) groups is 1. The minimum absolute atomic E-state index is 0.0333. The van der Waals surface area contributed by atoms with E-state index in [4.69, 9.17) is 4.74 Å². The van der Waals surface area contributed by atoms with Crippen molar-refractivity contribution in [1.29, 1.82) is 0 Å². The van der Waals surface area contributed by atoms with E-state index in [1.807, 2.05) is 36.4 Å². The Morgan fingerprint density at radius 3 is 2.47 bits per heavy atom. The molecule has 7 heteroatoms. The highest BCUT2D eigenvalue weighted by Crippen LogP contribution is 2.27. The Bertz CT molecular complexity index is 1150. The van der Waals surface area contributed by atoms with Crippen molar-refractivity contribution in [2.24, 2.45) is 0 Å². The van der Waals surface area contributed by atoms with E-state index in [2.05, 4.69) is 20.3 Å². The van der Waals surface area contributed by atoms with Crippen LogP contribution in [0.5, 0.6) is 11.6 Å². The van der Waals surface area contributed by atoms with E-state index in [-0.39, 0.29) is 23.7 Å². The lowest BCUT2D eigenvalue weighted by Crippen LogP contribution is -2.24. The van der Waals surface area contributed by atoms with Crippen LogP contribution in [0, 0.1) is 5.82 Å². The van der Waals surface area contributed by atoms with Crippen molar-refractivity contribution < 1.29 is 13.9 Å².